The van der Waals surface area contributed by atoms with Crippen molar-refractivity contribution in [2.24, 2.45) is 0 Å². The van der Waals surface area contributed by atoms with Gasteiger partial charge in [0.25, 0.3) is 11.7 Å². The van der Waals surface area contributed by atoms with E-state index in [0.29, 0.717) is 40.7 Å². The van der Waals surface area contributed by atoms with Crippen molar-refractivity contribution in [3.05, 3.63) is 89.5 Å². The van der Waals surface area contributed by atoms with Crippen LogP contribution in [0.1, 0.15) is 44.4 Å². The molecule has 192 valence electrons. The molecular formula is C30H31NO6. The van der Waals surface area contributed by atoms with Gasteiger partial charge in [-0.1, -0.05) is 43.3 Å². The van der Waals surface area contributed by atoms with Crippen LogP contribution in [0.15, 0.2) is 78.4 Å². The molecule has 0 spiro atoms. The summed E-state index contributed by atoms with van der Waals surface area (Å²) >= 11 is 0. The Morgan fingerprint density at radius 1 is 0.973 bits per heavy atom. The predicted molar refractivity (Wildman–Crippen MR) is 142 cm³/mol. The predicted octanol–water partition coefficient (Wildman–Crippen LogP) is 5.90. The zero-order chi connectivity index (χ0) is 26.5. The van der Waals surface area contributed by atoms with E-state index in [1.54, 1.807) is 72.8 Å². The molecule has 1 atom stereocenters. The Morgan fingerprint density at radius 2 is 1.70 bits per heavy atom. The zero-order valence-electron chi connectivity index (χ0n) is 21.4. The number of aliphatic hydroxyl groups excluding tert-OH is 1. The zero-order valence-corrected chi connectivity index (χ0v) is 21.4. The second-order valence-corrected chi connectivity index (χ2v) is 8.95. The van der Waals surface area contributed by atoms with E-state index >= 15 is 0 Å². The lowest BCUT2D eigenvalue weighted by Gasteiger charge is -2.27. The van der Waals surface area contributed by atoms with Crippen LogP contribution in [-0.4, -0.2) is 36.6 Å². The normalized spacial score (nSPS) is 16.8. The Hall–Kier alpha value is -4.26. The fraction of sp³-hybridized carbons (Fsp3) is 0.267. The van der Waals surface area contributed by atoms with Crippen LogP contribution < -0.4 is 19.1 Å². The minimum absolute atomic E-state index is 0.0314. The Bertz CT molecular complexity index is 1330. The van der Waals surface area contributed by atoms with E-state index < -0.39 is 17.7 Å². The molecule has 0 aromatic heterocycles. The molecule has 1 fully saturated rings. The maximum Gasteiger partial charge on any atom is 0.300 e. The molecule has 1 amide bonds. The van der Waals surface area contributed by atoms with Gasteiger partial charge >= 0.3 is 0 Å². The van der Waals surface area contributed by atoms with E-state index in [2.05, 4.69) is 0 Å². The van der Waals surface area contributed by atoms with Crippen LogP contribution in [0.25, 0.3) is 5.76 Å². The summed E-state index contributed by atoms with van der Waals surface area (Å²) in [6.45, 7) is 6.33. The highest BCUT2D eigenvalue weighted by Gasteiger charge is 2.48. The van der Waals surface area contributed by atoms with Gasteiger partial charge in [0.1, 0.15) is 23.0 Å². The van der Waals surface area contributed by atoms with Gasteiger partial charge < -0.3 is 19.3 Å². The molecule has 1 unspecified atom stereocenters. The summed E-state index contributed by atoms with van der Waals surface area (Å²) in [5.74, 6) is -0.213. The molecule has 7 heteroatoms. The maximum absolute atomic E-state index is 13.5. The number of ketones is 1. The van der Waals surface area contributed by atoms with E-state index in [0.717, 1.165) is 6.42 Å². The molecule has 3 aromatic carbocycles. The van der Waals surface area contributed by atoms with E-state index in [4.69, 9.17) is 14.2 Å². The summed E-state index contributed by atoms with van der Waals surface area (Å²) in [6, 6.07) is 20.1. The molecule has 4 rings (SSSR count). The standard InChI is InChI=1S/C30H31NO6/c1-5-16-36-22-12-9-11-21(18-22)31-27(24-14-6-7-15-25(24)35-4)26(29(33)30(31)34)28(32)20-10-8-13-23(17-20)37-19(2)3/h6-15,17-19,27,32H,5,16H2,1-4H3/b28-26+. The van der Waals surface area contributed by atoms with Crippen LogP contribution in [0.3, 0.4) is 0 Å². The number of Topliss-reactive ketones (excluding diaryl/α,β-unsaturated/α-hetero) is 1. The Balaban J connectivity index is 1.91. The first-order valence-electron chi connectivity index (χ1n) is 12.3. The van der Waals surface area contributed by atoms with Gasteiger partial charge in [-0.05, 0) is 50.6 Å². The molecule has 1 N–H and O–H groups in total. The fourth-order valence-electron chi connectivity index (χ4n) is 4.37. The first-order chi connectivity index (χ1) is 17.8. The molecule has 0 aliphatic carbocycles. The van der Waals surface area contributed by atoms with Gasteiger partial charge in [-0.2, -0.15) is 0 Å². The van der Waals surface area contributed by atoms with Crippen molar-refractivity contribution < 1.29 is 28.9 Å². The number of carbonyl (C=O) groups excluding carboxylic acids is 2. The minimum Gasteiger partial charge on any atom is -0.507 e. The second kappa shape index (κ2) is 11.2. The molecule has 0 saturated carbocycles. The lowest BCUT2D eigenvalue weighted by Crippen LogP contribution is -2.29. The van der Waals surface area contributed by atoms with Crippen molar-refractivity contribution in [1.29, 1.82) is 0 Å². The van der Waals surface area contributed by atoms with Gasteiger partial charge in [0, 0.05) is 22.9 Å². The third kappa shape index (κ3) is 5.31. The van der Waals surface area contributed by atoms with E-state index in [9.17, 15) is 14.7 Å². The van der Waals surface area contributed by atoms with Gasteiger partial charge in [-0.3, -0.25) is 14.5 Å². The molecule has 3 aromatic rings. The first-order valence-corrected chi connectivity index (χ1v) is 12.3. The summed E-state index contributed by atoms with van der Waals surface area (Å²) in [5.41, 5.74) is 1.38. The second-order valence-electron chi connectivity index (χ2n) is 8.95. The first kappa shape index (κ1) is 25.8. The lowest BCUT2D eigenvalue weighted by molar-refractivity contribution is -0.132. The number of carbonyl (C=O) groups is 2. The van der Waals surface area contributed by atoms with Gasteiger partial charge in [-0.25, -0.2) is 0 Å². The summed E-state index contributed by atoms with van der Waals surface area (Å²) in [6.07, 6.45) is 0.758. The van der Waals surface area contributed by atoms with Crippen LogP contribution in [-0.2, 0) is 9.59 Å². The highest BCUT2D eigenvalue weighted by atomic mass is 16.5. The monoisotopic (exact) mass is 501 g/mol. The van der Waals surface area contributed by atoms with Gasteiger partial charge in [0.15, 0.2) is 0 Å². The smallest absolute Gasteiger partial charge is 0.300 e. The average molecular weight is 502 g/mol. The average Bonchev–Trinajstić information content (AvgIpc) is 3.16. The topological polar surface area (TPSA) is 85.3 Å². The van der Waals surface area contributed by atoms with Crippen LogP contribution >= 0.6 is 0 Å². The highest BCUT2D eigenvalue weighted by Crippen LogP contribution is 2.45. The van der Waals surface area contributed by atoms with Crippen molar-refractivity contribution in [2.45, 2.75) is 39.3 Å². The SMILES string of the molecule is CCCOc1cccc(N2C(=O)C(=O)/C(=C(/O)c3cccc(OC(C)C)c3)C2c2ccccc2OC)c1. The molecule has 1 heterocycles. The Kier molecular flexibility index (Phi) is 7.82. The number of anilines is 1. The number of ether oxygens (including phenoxy) is 3. The molecule has 1 saturated heterocycles. The quantitative estimate of drug-likeness (QED) is 0.223. The van der Waals surface area contributed by atoms with E-state index in [1.165, 1.54) is 12.0 Å². The van der Waals surface area contributed by atoms with Gasteiger partial charge in [0.05, 0.1) is 31.4 Å². The van der Waals surface area contributed by atoms with Crippen LogP contribution in [0.4, 0.5) is 5.69 Å². The molecule has 0 radical (unpaired) electrons. The van der Waals surface area contributed by atoms with Crippen LogP contribution in [0, 0.1) is 0 Å². The molecular weight excluding hydrogens is 470 g/mol. The molecule has 7 nitrogen and oxygen atoms in total. The highest BCUT2D eigenvalue weighted by molar-refractivity contribution is 6.51. The van der Waals surface area contributed by atoms with Crippen LogP contribution in [0.2, 0.25) is 0 Å². The minimum atomic E-state index is -0.924. The lowest BCUT2D eigenvalue weighted by atomic mass is 9.94. The van der Waals surface area contributed by atoms with Crippen molar-refractivity contribution in [3.8, 4) is 17.2 Å². The summed E-state index contributed by atoms with van der Waals surface area (Å²) in [4.78, 5) is 28.4. The summed E-state index contributed by atoms with van der Waals surface area (Å²) < 4.78 is 17.1. The number of nitrogens with zero attached hydrogens (tertiary/aromatic N) is 1. The van der Waals surface area contributed by atoms with Crippen molar-refractivity contribution in [2.75, 3.05) is 18.6 Å². The third-order valence-corrected chi connectivity index (χ3v) is 5.93. The van der Waals surface area contributed by atoms with E-state index in [-0.39, 0.29) is 17.4 Å². The largest absolute Gasteiger partial charge is 0.507 e. The number of aliphatic hydroxyl groups is 1. The molecule has 1 aliphatic rings. The van der Waals surface area contributed by atoms with Crippen molar-refractivity contribution in [1.82, 2.24) is 0 Å². The van der Waals surface area contributed by atoms with Crippen molar-refractivity contribution in [3.63, 3.8) is 0 Å². The fourth-order valence-corrected chi connectivity index (χ4v) is 4.37. The number of benzene rings is 3. The molecule has 1 aliphatic heterocycles. The van der Waals surface area contributed by atoms with Crippen molar-refractivity contribution >= 4 is 23.1 Å². The number of hydrogen-bond donors (Lipinski definition) is 1. The Labute approximate surface area is 216 Å². The van der Waals surface area contributed by atoms with E-state index in [1.807, 2.05) is 20.8 Å². The number of rotatable bonds is 9. The summed E-state index contributed by atoms with van der Waals surface area (Å²) in [7, 11) is 1.52. The summed E-state index contributed by atoms with van der Waals surface area (Å²) in [5, 5.41) is 11.5. The number of hydrogen-bond acceptors (Lipinski definition) is 6. The number of methoxy groups -OCH3 is 1. The number of amides is 1. The molecule has 0 bridgehead atoms. The van der Waals surface area contributed by atoms with Crippen LogP contribution in [0.5, 0.6) is 17.2 Å². The number of para-hydroxylation sites is 1. The third-order valence-electron chi connectivity index (χ3n) is 5.93. The Morgan fingerprint density at radius 3 is 2.43 bits per heavy atom. The molecule has 37 heavy (non-hydrogen) atoms. The van der Waals surface area contributed by atoms with Gasteiger partial charge in [-0.15, -0.1) is 0 Å². The van der Waals surface area contributed by atoms with Gasteiger partial charge in [0.2, 0.25) is 0 Å². The maximum atomic E-state index is 13.5.